The van der Waals surface area contributed by atoms with Crippen molar-refractivity contribution < 1.29 is 17.7 Å². The lowest BCUT2D eigenvalue weighted by Gasteiger charge is -2.05. The second kappa shape index (κ2) is 5.23. The minimum absolute atomic E-state index is 0.241. The lowest BCUT2D eigenvalue weighted by Crippen LogP contribution is -2.04. The Bertz CT molecular complexity index is 1000. The molecule has 0 saturated heterocycles. The van der Waals surface area contributed by atoms with Crippen LogP contribution in [-0.2, 0) is 6.18 Å². The van der Waals surface area contributed by atoms with E-state index in [4.69, 9.17) is 4.52 Å². The molecule has 24 heavy (non-hydrogen) atoms. The summed E-state index contributed by atoms with van der Waals surface area (Å²) in [5.74, 6) is 0.548. The van der Waals surface area contributed by atoms with Crippen molar-refractivity contribution in [2.75, 3.05) is 0 Å². The number of benzene rings is 2. The predicted octanol–water partition coefficient (Wildman–Crippen LogP) is 4.90. The molecule has 0 aliphatic carbocycles. The summed E-state index contributed by atoms with van der Waals surface area (Å²) in [6.45, 7) is 0. The Labute approximate surface area is 133 Å². The fourth-order valence-corrected chi connectivity index (χ4v) is 2.45. The highest BCUT2D eigenvalue weighted by Crippen LogP contribution is 2.31. The Morgan fingerprint density at radius 1 is 0.917 bits per heavy atom. The van der Waals surface area contributed by atoms with Crippen LogP contribution in [0.15, 0.2) is 59.3 Å². The van der Waals surface area contributed by atoms with Crippen LogP contribution in [0.5, 0.6) is 0 Å². The first-order valence-corrected chi connectivity index (χ1v) is 7.09. The van der Waals surface area contributed by atoms with Crippen LogP contribution >= 0.6 is 0 Å². The molecule has 0 aliphatic rings. The minimum atomic E-state index is -4.37. The number of aromatic nitrogens is 3. The number of rotatable bonds is 2. The molecule has 0 spiro atoms. The maximum absolute atomic E-state index is 12.6. The molecule has 1 N–H and O–H groups in total. The van der Waals surface area contributed by atoms with Crippen molar-refractivity contribution in [2.45, 2.75) is 6.18 Å². The number of H-pyrrole nitrogens is 1. The maximum atomic E-state index is 12.6. The molecule has 0 unspecified atom stereocenters. The van der Waals surface area contributed by atoms with Gasteiger partial charge in [-0.1, -0.05) is 23.4 Å². The van der Waals surface area contributed by atoms with Gasteiger partial charge in [-0.2, -0.15) is 18.2 Å². The van der Waals surface area contributed by atoms with Crippen LogP contribution in [0.3, 0.4) is 0 Å². The van der Waals surface area contributed by atoms with Gasteiger partial charge in [0.25, 0.3) is 5.89 Å². The summed E-state index contributed by atoms with van der Waals surface area (Å²) in [6, 6.07) is 12.2. The van der Waals surface area contributed by atoms with Crippen molar-refractivity contribution in [2.24, 2.45) is 0 Å². The molecule has 120 valence electrons. The molecule has 2 aromatic heterocycles. The zero-order chi connectivity index (χ0) is 16.7. The first-order valence-electron chi connectivity index (χ1n) is 7.09. The summed E-state index contributed by atoms with van der Waals surface area (Å²) >= 11 is 0. The predicted molar refractivity (Wildman–Crippen MR) is 82.0 cm³/mol. The molecule has 4 nitrogen and oxygen atoms in total. The largest absolute Gasteiger partial charge is 0.416 e. The fourth-order valence-electron chi connectivity index (χ4n) is 2.45. The Kier molecular flexibility index (Phi) is 3.16. The van der Waals surface area contributed by atoms with Gasteiger partial charge in [-0.3, -0.25) is 0 Å². The van der Waals surface area contributed by atoms with Gasteiger partial charge in [0.1, 0.15) is 0 Å². The van der Waals surface area contributed by atoms with Gasteiger partial charge < -0.3 is 9.51 Å². The molecule has 2 heterocycles. The average Bonchev–Trinajstić information content (AvgIpc) is 3.22. The van der Waals surface area contributed by atoms with Crippen molar-refractivity contribution in [1.82, 2.24) is 15.1 Å². The first kappa shape index (κ1) is 14.5. The molecule has 2 aromatic carbocycles. The maximum Gasteiger partial charge on any atom is 0.416 e. The number of aromatic amines is 1. The quantitative estimate of drug-likeness (QED) is 0.569. The molecule has 4 aromatic rings. The standard InChI is InChI=1S/C17H10F3N3O/c18-17(19,20)13-5-3-11(4-6-13)15-22-16(24-23-15)12-2-1-10-7-8-21-14(10)9-12/h1-9,21H. The molecule has 0 amide bonds. The van der Waals surface area contributed by atoms with Gasteiger partial charge in [0, 0.05) is 22.8 Å². The van der Waals surface area contributed by atoms with E-state index in [1.165, 1.54) is 12.1 Å². The van der Waals surface area contributed by atoms with E-state index in [9.17, 15) is 13.2 Å². The Hall–Kier alpha value is -3.09. The van der Waals surface area contributed by atoms with Crippen LogP contribution in [0.2, 0.25) is 0 Å². The van der Waals surface area contributed by atoms with E-state index in [0.29, 0.717) is 11.5 Å². The normalized spacial score (nSPS) is 12.0. The zero-order valence-electron chi connectivity index (χ0n) is 12.1. The molecule has 0 bridgehead atoms. The van der Waals surface area contributed by atoms with Gasteiger partial charge in [-0.25, -0.2) is 0 Å². The lowest BCUT2D eigenvalue weighted by molar-refractivity contribution is -0.137. The molecule has 0 atom stereocenters. The van der Waals surface area contributed by atoms with E-state index in [1.54, 1.807) is 0 Å². The highest BCUT2D eigenvalue weighted by Gasteiger charge is 2.30. The Balaban J connectivity index is 1.66. The van der Waals surface area contributed by atoms with Crippen LogP contribution in [-0.4, -0.2) is 15.1 Å². The number of nitrogens with zero attached hydrogens (tertiary/aromatic N) is 2. The third-order valence-electron chi connectivity index (χ3n) is 3.70. The van der Waals surface area contributed by atoms with E-state index in [0.717, 1.165) is 28.6 Å². The van der Waals surface area contributed by atoms with Crippen LogP contribution < -0.4 is 0 Å². The van der Waals surface area contributed by atoms with Crippen molar-refractivity contribution in [3.05, 3.63) is 60.3 Å². The second-order valence-electron chi connectivity index (χ2n) is 5.28. The van der Waals surface area contributed by atoms with E-state index in [2.05, 4.69) is 15.1 Å². The van der Waals surface area contributed by atoms with E-state index < -0.39 is 11.7 Å². The molecular formula is C17H10F3N3O. The number of halogens is 3. The molecule has 4 rings (SSSR count). The lowest BCUT2D eigenvalue weighted by atomic mass is 10.1. The fraction of sp³-hybridized carbons (Fsp3) is 0.0588. The molecule has 0 saturated carbocycles. The summed E-state index contributed by atoms with van der Waals surface area (Å²) in [7, 11) is 0. The Morgan fingerprint density at radius 2 is 1.67 bits per heavy atom. The van der Waals surface area contributed by atoms with Crippen molar-refractivity contribution in [3.63, 3.8) is 0 Å². The third kappa shape index (κ3) is 2.54. The minimum Gasteiger partial charge on any atom is -0.361 e. The highest BCUT2D eigenvalue weighted by molar-refractivity contribution is 5.83. The summed E-state index contributed by atoms with van der Waals surface area (Å²) in [4.78, 5) is 7.35. The summed E-state index contributed by atoms with van der Waals surface area (Å²) in [5.41, 5.74) is 1.41. The number of hydrogen-bond acceptors (Lipinski definition) is 3. The first-order chi connectivity index (χ1) is 11.5. The SMILES string of the molecule is FC(F)(F)c1ccc(-c2noc(-c3ccc4cc[nH]c4c3)n2)cc1. The highest BCUT2D eigenvalue weighted by atomic mass is 19.4. The smallest absolute Gasteiger partial charge is 0.361 e. The van der Waals surface area contributed by atoms with Crippen LogP contribution in [0, 0.1) is 0 Å². The Morgan fingerprint density at radius 3 is 2.42 bits per heavy atom. The second-order valence-corrected chi connectivity index (χ2v) is 5.28. The zero-order valence-corrected chi connectivity index (χ0v) is 12.1. The molecule has 0 aliphatic heterocycles. The molecule has 0 radical (unpaired) electrons. The van der Waals surface area contributed by atoms with Gasteiger partial charge in [0.2, 0.25) is 5.82 Å². The van der Waals surface area contributed by atoms with Crippen LogP contribution in [0.25, 0.3) is 33.7 Å². The van der Waals surface area contributed by atoms with Gasteiger partial charge in [0.05, 0.1) is 5.56 Å². The number of nitrogens with one attached hydrogen (secondary N) is 1. The molecule has 7 heteroatoms. The van der Waals surface area contributed by atoms with Crippen molar-refractivity contribution in [1.29, 1.82) is 0 Å². The van der Waals surface area contributed by atoms with Crippen LogP contribution in [0.4, 0.5) is 13.2 Å². The molecular weight excluding hydrogens is 319 g/mol. The average molecular weight is 329 g/mol. The topological polar surface area (TPSA) is 54.7 Å². The number of fused-ring (bicyclic) bond motifs is 1. The van der Waals surface area contributed by atoms with Gasteiger partial charge >= 0.3 is 6.18 Å². The van der Waals surface area contributed by atoms with Gasteiger partial charge in [-0.15, -0.1) is 0 Å². The summed E-state index contributed by atoms with van der Waals surface area (Å²) in [6.07, 6.45) is -2.54. The number of alkyl halides is 3. The summed E-state index contributed by atoms with van der Waals surface area (Å²) in [5, 5.41) is 4.90. The van der Waals surface area contributed by atoms with Crippen molar-refractivity contribution in [3.8, 4) is 22.8 Å². The van der Waals surface area contributed by atoms with Gasteiger partial charge in [-0.05, 0) is 35.7 Å². The monoisotopic (exact) mass is 329 g/mol. The van der Waals surface area contributed by atoms with Gasteiger partial charge in [0.15, 0.2) is 0 Å². The number of hydrogen-bond donors (Lipinski definition) is 1. The summed E-state index contributed by atoms with van der Waals surface area (Å²) < 4.78 is 43.0. The van der Waals surface area contributed by atoms with E-state index in [1.807, 2.05) is 30.5 Å². The van der Waals surface area contributed by atoms with Crippen LogP contribution in [0.1, 0.15) is 5.56 Å². The van der Waals surface area contributed by atoms with E-state index in [-0.39, 0.29) is 5.82 Å². The van der Waals surface area contributed by atoms with Crippen molar-refractivity contribution >= 4 is 10.9 Å². The van der Waals surface area contributed by atoms with E-state index >= 15 is 0 Å². The molecule has 0 fully saturated rings. The third-order valence-corrected chi connectivity index (χ3v) is 3.70.